The van der Waals surface area contributed by atoms with Crippen molar-refractivity contribution in [2.75, 3.05) is 18.0 Å². The number of aromatic nitrogens is 2. The van der Waals surface area contributed by atoms with E-state index in [2.05, 4.69) is 39.1 Å². The highest BCUT2D eigenvalue weighted by Gasteiger charge is 2.10. The second-order valence-electron chi connectivity index (χ2n) is 6.44. The number of benzene rings is 2. The second kappa shape index (κ2) is 6.93. The molecule has 0 saturated carbocycles. The molecule has 2 heterocycles. The average Bonchev–Trinajstić information content (AvgIpc) is 2.67. The van der Waals surface area contributed by atoms with Gasteiger partial charge in [-0.3, -0.25) is 4.79 Å². The zero-order chi connectivity index (χ0) is 17.1. The summed E-state index contributed by atoms with van der Waals surface area (Å²) < 4.78 is 0. The van der Waals surface area contributed by atoms with Gasteiger partial charge in [-0.1, -0.05) is 30.3 Å². The Hall–Kier alpha value is -2.88. The topological polar surface area (TPSA) is 49.0 Å². The fourth-order valence-corrected chi connectivity index (χ4v) is 3.28. The Morgan fingerprint density at radius 3 is 2.48 bits per heavy atom. The van der Waals surface area contributed by atoms with Crippen LogP contribution in [-0.2, 0) is 0 Å². The van der Waals surface area contributed by atoms with Crippen LogP contribution in [0, 0.1) is 0 Å². The third-order valence-corrected chi connectivity index (χ3v) is 4.67. The van der Waals surface area contributed by atoms with Crippen molar-refractivity contribution in [3.63, 3.8) is 0 Å². The van der Waals surface area contributed by atoms with E-state index >= 15 is 0 Å². The van der Waals surface area contributed by atoms with Crippen molar-refractivity contribution in [3.8, 4) is 0 Å². The lowest BCUT2D eigenvalue weighted by molar-refractivity contribution is 0.578. The van der Waals surface area contributed by atoms with E-state index in [0.717, 1.165) is 29.7 Å². The van der Waals surface area contributed by atoms with E-state index in [4.69, 9.17) is 0 Å². The lowest BCUT2D eigenvalue weighted by atomic mass is 10.1. The van der Waals surface area contributed by atoms with Crippen molar-refractivity contribution < 1.29 is 0 Å². The van der Waals surface area contributed by atoms with Crippen LogP contribution in [0.1, 0.15) is 30.5 Å². The van der Waals surface area contributed by atoms with Crippen LogP contribution < -0.4 is 10.5 Å². The van der Waals surface area contributed by atoms with Crippen LogP contribution >= 0.6 is 0 Å². The van der Waals surface area contributed by atoms with Gasteiger partial charge in [-0.15, -0.1) is 0 Å². The first-order chi connectivity index (χ1) is 12.3. The molecular weight excluding hydrogens is 310 g/mol. The molecule has 1 aromatic heterocycles. The summed E-state index contributed by atoms with van der Waals surface area (Å²) >= 11 is 0. The van der Waals surface area contributed by atoms with Crippen LogP contribution in [0.5, 0.6) is 0 Å². The zero-order valence-corrected chi connectivity index (χ0v) is 14.1. The van der Waals surface area contributed by atoms with E-state index in [9.17, 15) is 4.79 Å². The molecule has 1 N–H and O–H groups in total. The molecule has 4 heteroatoms. The fraction of sp³-hybridized carbons (Fsp3) is 0.238. The number of rotatable bonds is 3. The van der Waals surface area contributed by atoms with Crippen LogP contribution in [0.2, 0.25) is 0 Å². The van der Waals surface area contributed by atoms with E-state index in [1.54, 1.807) is 6.08 Å². The first-order valence-corrected chi connectivity index (χ1v) is 8.82. The minimum absolute atomic E-state index is 0.167. The van der Waals surface area contributed by atoms with Crippen LogP contribution in [0.4, 0.5) is 5.69 Å². The summed E-state index contributed by atoms with van der Waals surface area (Å²) in [6.07, 6.45) is 7.61. The third-order valence-electron chi connectivity index (χ3n) is 4.67. The summed E-state index contributed by atoms with van der Waals surface area (Å²) in [5.74, 6) is 0. The van der Waals surface area contributed by atoms with Crippen molar-refractivity contribution in [3.05, 3.63) is 70.1 Å². The largest absolute Gasteiger partial charge is 0.372 e. The summed E-state index contributed by atoms with van der Waals surface area (Å²) in [7, 11) is 0. The molecule has 0 radical (unpaired) electrons. The predicted molar refractivity (Wildman–Crippen MR) is 104 cm³/mol. The van der Waals surface area contributed by atoms with Crippen LogP contribution in [0.15, 0.2) is 53.3 Å². The number of nitrogens with one attached hydrogen (secondary N) is 1. The molecule has 1 saturated heterocycles. The Kier molecular flexibility index (Phi) is 4.34. The monoisotopic (exact) mass is 331 g/mol. The number of piperidine rings is 1. The maximum atomic E-state index is 12.1. The highest BCUT2D eigenvalue weighted by molar-refractivity contribution is 5.76. The summed E-state index contributed by atoms with van der Waals surface area (Å²) in [4.78, 5) is 21.9. The van der Waals surface area contributed by atoms with E-state index in [1.165, 1.54) is 24.9 Å². The van der Waals surface area contributed by atoms with Gasteiger partial charge in [0.05, 0.1) is 11.0 Å². The maximum absolute atomic E-state index is 12.1. The molecule has 0 unspecified atom stereocenters. The summed E-state index contributed by atoms with van der Waals surface area (Å²) in [5, 5.41) is 0. The van der Waals surface area contributed by atoms with Gasteiger partial charge in [-0.25, -0.2) is 4.98 Å². The Morgan fingerprint density at radius 2 is 1.68 bits per heavy atom. The Balaban J connectivity index is 1.55. The molecule has 0 bridgehead atoms. The molecule has 3 aromatic rings. The maximum Gasteiger partial charge on any atom is 0.274 e. The lowest BCUT2D eigenvalue weighted by Crippen LogP contribution is -2.29. The molecule has 25 heavy (non-hydrogen) atoms. The third kappa shape index (κ3) is 3.48. The van der Waals surface area contributed by atoms with Gasteiger partial charge >= 0.3 is 0 Å². The molecule has 0 amide bonds. The molecule has 126 valence electrons. The second-order valence-corrected chi connectivity index (χ2v) is 6.44. The molecular formula is C21H21N3O. The van der Waals surface area contributed by atoms with Crippen molar-refractivity contribution in [1.29, 1.82) is 0 Å². The Bertz CT molecular complexity index is 951. The van der Waals surface area contributed by atoms with Crippen LogP contribution in [0.25, 0.3) is 23.2 Å². The fourth-order valence-electron chi connectivity index (χ4n) is 3.28. The average molecular weight is 331 g/mol. The molecule has 1 aliphatic heterocycles. The smallest absolute Gasteiger partial charge is 0.274 e. The first kappa shape index (κ1) is 15.6. The molecule has 2 aromatic carbocycles. The standard InChI is InChI=1S/C21H21N3O/c25-21-20(22-18-6-2-3-7-19(18)23-21)13-10-16-8-11-17(12-9-16)24-14-4-1-5-15-24/h2-3,6-13H,1,4-5,14-15H2,(H,23,25)/b13-10+. The number of fused-ring (bicyclic) bond motifs is 1. The summed E-state index contributed by atoms with van der Waals surface area (Å²) in [5.41, 5.74) is 4.16. The van der Waals surface area contributed by atoms with Gasteiger partial charge < -0.3 is 9.88 Å². The van der Waals surface area contributed by atoms with Gasteiger partial charge in [-0.05, 0) is 55.2 Å². The van der Waals surface area contributed by atoms with Crippen molar-refractivity contribution in [2.24, 2.45) is 0 Å². The number of anilines is 1. The molecule has 0 spiro atoms. The van der Waals surface area contributed by atoms with Gasteiger partial charge in [-0.2, -0.15) is 0 Å². The van der Waals surface area contributed by atoms with Crippen molar-refractivity contribution in [2.45, 2.75) is 19.3 Å². The number of para-hydroxylation sites is 2. The normalized spacial score (nSPS) is 15.1. The van der Waals surface area contributed by atoms with Gasteiger partial charge in [0.25, 0.3) is 5.56 Å². The number of aromatic amines is 1. The van der Waals surface area contributed by atoms with E-state index in [1.807, 2.05) is 30.3 Å². The summed E-state index contributed by atoms with van der Waals surface area (Å²) in [6, 6.07) is 16.1. The van der Waals surface area contributed by atoms with Crippen molar-refractivity contribution in [1.82, 2.24) is 9.97 Å². The molecule has 0 atom stereocenters. The minimum atomic E-state index is -0.167. The molecule has 4 nitrogen and oxygen atoms in total. The SMILES string of the molecule is O=c1[nH]c2ccccc2nc1/C=C/c1ccc(N2CCCCC2)cc1. The number of H-pyrrole nitrogens is 1. The zero-order valence-electron chi connectivity index (χ0n) is 14.1. The van der Waals surface area contributed by atoms with Crippen LogP contribution in [-0.4, -0.2) is 23.1 Å². The molecule has 1 aliphatic rings. The van der Waals surface area contributed by atoms with E-state index in [0.29, 0.717) is 5.69 Å². The lowest BCUT2D eigenvalue weighted by Gasteiger charge is -2.28. The van der Waals surface area contributed by atoms with Gasteiger partial charge in [0.15, 0.2) is 0 Å². The van der Waals surface area contributed by atoms with Gasteiger partial charge in [0.1, 0.15) is 5.69 Å². The first-order valence-electron chi connectivity index (χ1n) is 8.82. The highest BCUT2D eigenvalue weighted by Crippen LogP contribution is 2.20. The molecule has 1 fully saturated rings. The van der Waals surface area contributed by atoms with Crippen LogP contribution in [0.3, 0.4) is 0 Å². The minimum Gasteiger partial charge on any atom is -0.372 e. The van der Waals surface area contributed by atoms with Gasteiger partial charge in [0, 0.05) is 18.8 Å². The molecule has 4 rings (SSSR count). The quantitative estimate of drug-likeness (QED) is 0.786. The molecule has 0 aliphatic carbocycles. The van der Waals surface area contributed by atoms with Crippen molar-refractivity contribution >= 4 is 28.9 Å². The number of hydrogen-bond acceptors (Lipinski definition) is 3. The van der Waals surface area contributed by atoms with Gasteiger partial charge in [0.2, 0.25) is 0 Å². The summed E-state index contributed by atoms with van der Waals surface area (Å²) in [6.45, 7) is 2.29. The number of nitrogens with zero attached hydrogens (tertiary/aromatic N) is 2. The van der Waals surface area contributed by atoms with E-state index in [-0.39, 0.29) is 5.56 Å². The Morgan fingerprint density at radius 1 is 0.920 bits per heavy atom. The van der Waals surface area contributed by atoms with E-state index < -0.39 is 0 Å². The number of hydrogen-bond donors (Lipinski definition) is 1. The highest BCUT2D eigenvalue weighted by atomic mass is 16.1. The Labute approximate surface area is 146 Å². The predicted octanol–water partition coefficient (Wildman–Crippen LogP) is 4.08.